The first-order valence-corrected chi connectivity index (χ1v) is 6.15. The minimum atomic E-state index is -0.490. The summed E-state index contributed by atoms with van der Waals surface area (Å²) in [7, 11) is 0. The number of nitrogens with one attached hydrogen (secondary N) is 1. The zero-order chi connectivity index (χ0) is 14.1. The Morgan fingerprint density at radius 1 is 1.25 bits per heavy atom. The van der Waals surface area contributed by atoms with Crippen molar-refractivity contribution in [2.75, 3.05) is 5.32 Å². The molecule has 0 bridgehead atoms. The zero-order valence-corrected chi connectivity index (χ0v) is 10.8. The van der Waals surface area contributed by atoms with E-state index < -0.39 is 11.8 Å². The summed E-state index contributed by atoms with van der Waals surface area (Å²) >= 11 is 0. The fourth-order valence-electron chi connectivity index (χ4n) is 2.02. The molecule has 0 radical (unpaired) electrons. The van der Waals surface area contributed by atoms with Crippen molar-refractivity contribution in [2.45, 2.75) is 6.92 Å². The van der Waals surface area contributed by atoms with Crippen LogP contribution in [0.15, 0.2) is 48.7 Å². The smallest absolute Gasteiger partial charge is 0.303 e. The third kappa shape index (κ3) is 2.14. The highest BCUT2D eigenvalue weighted by Crippen LogP contribution is 2.17. The van der Waals surface area contributed by atoms with Crippen LogP contribution in [0.25, 0.3) is 10.9 Å². The van der Waals surface area contributed by atoms with Crippen LogP contribution in [0.4, 0.5) is 14.9 Å². The highest BCUT2D eigenvalue weighted by Gasteiger charge is 2.12. The standard InChI is InChI=1S/C15H12FN3O/c1-10-6-7-11-9-17-19(14(11)8-10)15(20)18-13-5-3-2-4-12(13)16/h2-9H,1H3,(H,18,20). The molecule has 5 heteroatoms. The molecule has 0 saturated heterocycles. The molecule has 4 nitrogen and oxygen atoms in total. The summed E-state index contributed by atoms with van der Waals surface area (Å²) in [6, 6.07) is 11.2. The molecule has 3 rings (SSSR count). The maximum Gasteiger partial charge on any atom is 0.347 e. The molecule has 0 aliphatic carbocycles. The van der Waals surface area contributed by atoms with Crippen LogP contribution in [0.1, 0.15) is 5.56 Å². The molecule has 0 fully saturated rings. The molecule has 100 valence electrons. The van der Waals surface area contributed by atoms with Gasteiger partial charge in [-0.05, 0) is 30.7 Å². The normalized spacial score (nSPS) is 10.7. The zero-order valence-electron chi connectivity index (χ0n) is 10.8. The molecule has 1 heterocycles. The van der Waals surface area contributed by atoms with Crippen LogP contribution in [0.5, 0.6) is 0 Å². The molecule has 0 spiro atoms. The Morgan fingerprint density at radius 3 is 2.85 bits per heavy atom. The van der Waals surface area contributed by atoms with E-state index >= 15 is 0 Å². The molecule has 3 aromatic rings. The second-order valence-corrected chi connectivity index (χ2v) is 4.53. The minimum Gasteiger partial charge on any atom is -0.303 e. The van der Waals surface area contributed by atoms with Crippen LogP contribution >= 0.6 is 0 Å². The SMILES string of the molecule is Cc1ccc2cnn(C(=O)Nc3ccccc3F)c2c1. The minimum absolute atomic E-state index is 0.133. The molecule has 1 amide bonds. The van der Waals surface area contributed by atoms with E-state index in [9.17, 15) is 9.18 Å². The van der Waals surface area contributed by atoms with Gasteiger partial charge in [-0.25, -0.2) is 9.18 Å². The van der Waals surface area contributed by atoms with Crippen LogP contribution in [0.3, 0.4) is 0 Å². The number of rotatable bonds is 1. The van der Waals surface area contributed by atoms with Gasteiger partial charge >= 0.3 is 6.03 Å². The van der Waals surface area contributed by atoms with Crippen molar-refractivity contribution < 1.29 is 9.18 Å². The third-order valence-electron chi connectivity index (χ3n) is 3.03. The van der Waals surface area contributed by atoms with Crippen molar-refractivity contribution in [3.63, 3.8) is 0 Å². The number of fused-ring (bicyclic) bond motifs is 1. The number of hydrogen-bond donors (Lipinski definition) is 1. The number of nitrogens with zero attached hydrogens (tertiary/aromatic N) is 2. The molecule has 0 atom stereocenters. The van der Waals surface area contributed by atoms with E-state index in [0.29, 0.717) is 5.52 Å². The largest absolute Gasteiger partial charge is 0.347 e. The lowest BCUT2D eigenvalue weighted by atomic mass is 10.2. The monoisotopic (exact) mass is 269 g/mol. The summed E-state index contributed by atoms with van der Waals surface area (Å²) in [5.41, 5.74) is 1.85. The summed E-state index contributed by atoms with van der Waals surface area (Å²) in [6.45, 7) is 1.94. The Hall–Kier alpha value is -2.69. The quantitative estimate of drug-likeness (QED) is 0.734. The number of para-hydroxylation sites is 1. The van der Waals surface area contributed by atoms with E-state index in [1.54, 1.807) is 18.3 Å². The number of halogens is 1. The fourth-order valence-corrected chi connectivity index (χ4v) is 2.02. The van der Waals surface area contributed by atoms with Gasteiger partial charge in [0.15, 0.2) is 0 Å². The second kappa shape index (κ2) is 4.77. The van der Waals surface area contributed by atoms with E-state index in [1.807, 2.05) is 25.1 Å². The molecule has 0 aliphatic rings. The van der Waals surface area contributed by atoms with Crippen molar-refractivity contribution in [2.24, 2.45) is 0 Å². The van der Waals surface area contributed by atoms with Crippen LogP contribution in [-0.2, 0) is 0 Å². The number of anilines is 1. The van der Waals surface area contributed by atoms with E-state index in [4.69, 9.17) is 0 Å². The highest BCUT2D eigenvalue weighted by molar-refractivity contribution is 5.97. The number of carbonyl (C=O) groups excluding carboxylic acids is 1. The number of amides is 1. The Bertz CT molecular complexity index is 795. The van der Waals surface area contributed by atoms with Crippen molar-refractivity contribution in [3.05, 3.63) is 60.0 Å². The van der Waals surface area contributed by atoms with E-state index in [0.717, 1.165) is 10.9 Å². The van der Waals surface area contributed by atoms with E-state index in [-0.39, 0.29) is 5.69 Å². The van der Waals surface area contributed by atoms with Gasteiger partial charge in [-0.2, -0.15) is 9.78 Å². The first-order chi connectivity index (χ1) is 9.65. The predicted octanol–water partition coefficient (Wildman–Crippen LogP) is 3.56. The Morgan fingerprint density at radius 2 is 2.05 bits per heavy atom. The van der Waals surface area contributed by atoms with Crippen molar-refractivity contribution in [1.82, 2.24) is 9.78 Å². The predicted molar refractivity (Wildman–Crippen MR) is 75.3 cm³/mol. The van der Waals surface area contributed by atoms with Gasteiger partial charge in [-0.15, -0.1) is 0 Å². The number of benzene rings is 2. The highest BCUT2D eigenvalue weighted by atomic mass is 19.1. The molecule has 2 aromatic carbocycles. The lowest BCUT2D eigenvalue weighted by Gasteiger charge is -2.06. The van der Waals surface area contributed by atoms with Crippen molar-refractivity contribution in [1.29, 1.82) is 0 Å². The average Bonchev–Trinajstić information content (AvgIpc) is 2.84. The first kappa shape index (κ1) is 12.3. The molecular formula is C15H12FN3O. The van der Waals surface area contributed by atoms with Gasteiger partial charge in [0.1, 0.15) is 5.82 Å². The Balaban J connectivity index is 1.97. The number of hydrogen-bond acceptors (Lipinski definition) is 2. The summed E-state index contributed by atoms with van der Waals surface area (Å²) in [6.07, 6.45) is 1.61. The van der Waals surface area contributed by atoms with Crippen LogP contribution < -0.4 is 5.32 Å². The maximum absolute atomic E-state index is 13.5. The van der Waals surface area contributed by atoms with E-state index in [1.165, 1.54) is 16.8 Å². The Labute approximate surface area is 114 Å². The fraction of sp³-hybridized carbons (Fsp3) is 0.0667. The molecular weight excluding hydrogens is 257 g/mol. The van der Waals surface area contributed by atoms with Crippen molar-refractivity contribution >= 4 is 22.6 Å². The molecule has 0 saturated carbocycles. The van der Waals surface area contributed by atoms with Gasteiger partial charge < -0.3 is 5.32 Å². The lowest BCUT2D eigenvalue weighted by Crippen LogP contribution is -2.21. The van der Waals surface area contributed by atoms with Crippen LogP contribution in [-0.4, -0.2) is 15.8 Å². The van der Waals surface area contributed by atoms with Crippen LogP contribution in [0, 0.1) is 12.7 Å². The maximum atomic E-state index is 13.5. The average molecular weight is 269 g/mol. The summed E-state index contributed by atoms with van der Waals surface area (Å²) in [5, 5.41) is 7.42. The summed E-state index contributed by atoms with van der Waals surface area (Å²) in [5.74, 6) is -0.478. The summed E-state index contributed by atoms with van der Waals surface area (Å²) < 4.78 is 14.8. The van der Waals surface area contributed by atoms with Gasteiger partial charge in [-0.1, -0.05) is 24.3 Å². The molecule has 0 aliphatic heterocycles. The lowest BCUT2D eigenvalue weighted by molar-refractivity contribution is 0.251. The molecule has 1 N–H and O–H groups in total. The van der Waals surface area contributed by atoms with Crippen molar-refractivity contribution in [3.8, 4) is 0 Å². The van der Waals surface area contributed by atoms with Crippen LogP contribution in [0.2, 0.25) is 0 Å². The molecule has 0 unspecified atom stereocenters. The third-order valence-corrected chi connectivity index (χ3v) is 3.03. The molecule has 1 aromatic heterocycles. The molecule has 20 heavy (non-hydrogen) atoms. The second-order valence-electron chi connectivity index (χ2n) is 4.53. The van der Waals surface area contributed by atoms with Gasteiger partial charge in [0, 0.05) is 5.39 Å². The number of aromatic nitrogens is 2. The summed E-state index contributed by atoms with van der Waals surface area (Å²) in [4.78, 5) is 12.2. The topological polar surface area (TPSA) is 46.9 Å². The van der Waals surface area contributed by atoms with Gasteiger partial charge in [0.2, 0.25) is 0 Å². The Kier molecular flexibility index (Phi) is 2.95. The van der Waals surface area contributed by atoms with Gasteiger partial charge in [0.25, 0.3) is 0 Å². The van der Waals surface area contributed by atoms with Gasteiger partial charge in [-0.3, -0.25) is 0 Å². The van der Waals surface area contributed by atoms with Gasteiger partial charge in [0.05, 0.1) is 17.4 Å². The number of aryl methyl sites for hydroxylation is 1. The first-order valence-electron chi connectivity index (χ1n) is 6.15. The van der Waals surface area contributed by atoms with E-state index in [2.05, 4.69) is 10.4 Å². The number of carbonyl (C=O) groups is 1.